The summed E-state index contributed by atoms with van der Waals surface area (Å²) in [5, 5.41) is 8.18. The minimum atomic E-state index is -1.04. The van der Waals surface area contributed by atoms with Crippen LogP contribution in [0.15, 0.2) is 0 Å². The van der Waals surface area contributed by atoms with Gasteiger partial charge in [-0.2, -0.15) is 5.26 Å². The summed E-state index contributed by atoms with van der Waals surface area (Å²) in [6.45, 7) is 2.32. The zero-order valence-corrected chi connectivity index (χ0v) is 7.69. The van der Waals surface area contributed by atoms with Gasteiger partial charge in [0, 0.05) is 23.7 Å². The van der Waals surface area contributed by atoms with Gasteiger partial charge in [0.05, 0.1) is 12.7 Å². The number of rotatable bonds is 5. The molecule has 0 aromatic heterocycles. The van der Waals surface area contributed by atoms with E-state index in [4.69, 9.17) is 10.00 Å². The van der Waals surface area contributed by atoms with Gasteiger partial charge in [0.2, 0.25) is 0 Å². The van der Waals surface area contributed by atoms with Crippen LogP contribution in [0.1, 0.15) is 13.3 Å². The number of nitriles is 1. The van der Waals surface area contributed by atoms with Crippen molar-refractivity contribution < 1.29 is 8.95 Å². The van der Waals surface area contributed by atoms with Crippen LogP contribution in [0.4, 0.5) is 0 Å². The van der Waals surface area contributed by atoms with E-state index < -0.39 is 10.8 Å². The van der Waals surface area contributed by atoms with Crippen molar-refractivity contribution in [1.29, 1.82) is 5.26 Å². The highest BCUT2D eigenvalue weighted by Gasteiger charge is 2.12. The van der Waals surface area contributed by atoms with E-state index in [1.807, 2.05) is 13.0 Å². The summed E-state index contributed by atoms with van der Waals surface area (Å²) < 4.78 is 15.9. The Labute approximate surface area is 69.8 Å². The van der Waals surface area contributed by atoms with Crippen molar-refractivity contribution >= 4 is 10.8 Å². The van der Waals surface area contributed by atoms with E-state index in [0.29, 0.717) is 18.8 Å². The van der Waals surface area contributed by atoms with Crippen LogP contribution in [0, 0.1) is 11.3 Å². The summed E-state index contributed by atoms with van der Waals surface area (Å²) >= 11 is 0. The summed E-state index contributed by atoms with van der Waals surface area (Å²) in [4.78, 5) is 0. The third-order valence-electron chi connectivity index (χ3n) is 1.32. The molecule has 2 unspecified atom stereocenters. The highest BCUT2D eigenvalue weighted by atomic mass is 32.2. The lowest BCUT2D eigenvalue weighted by atomic mass is 10.4. The Kier molecular flexibility index (Phi) is 6.09. The van der Waals surface area contributed by atoms with Crippen molar-refractivity contribution in [2.24, 2.45) is 0 Å². The van der Waals surface area contributed by atoms with Gasteiger partial charge in [-0.05, 0) is 6.42 Å². The molecule has 0 aliphatic carbocycles. The van der Waals surface area contributed by atoms with Crippen LogP contribution < -0.4 is 0 Å². The highest BCUT2D eigenvalue weighted by molar-refractivity contribution is 7.85. The first-order valence-corrected chi connectivity index (χ1v) is 4.90. The van der Waals surface area contributed by atoms with Crippen LogP contribution in [0.5, 0.6) is 0 Å². The van der Waals surface area contributed by atoms with Gasteiger partial charge in [-0.25, -0.2) is 0 Å². The molecule has 11 heavy (non-hydrogen) atoms. The van der Waals surface area contributed by atoms with Gasteiger partial charge in [-0.15, -0.1) is 0 Å². The zero-order valence-electron chi connectivity index (χ0n) is 6.87. The van der Waals surface area contributed by atoms with E-state index in [-0.39, 0.29) is 5.25 Å². The molecule has 0 aliphatic rings. The third kappa shape index (κ3) is 4.12. The first-order valence-electron chi connectivity index (χ1n) is 3.52. The SMILES string of the molecule is CCC(C#N)S(=O)CCOC. The maximum Gasteiger partial charge on any atom is 0.121 e. The first kappa shape index (κ1) is 10.6. The van der Waals surface area contributed by atoms with Crippen molar-refractivity contribution in [3.63, 3.8) is 0 Å². The topological polar surface area (TPSA) is 50.1 Å². The Morgan fingerprint density at radius 3 is 2.73 bits per heavy atom. The quantitative estimate of drug-likeness (QED) is 0.617. The van der Waals surface area contributed by atoms with Crippen LogP contribution in [0.25, 0.3) is 0 Å². The molecule has 0 heterocycles. The molecular weight excluding hydrogens is 162 g/mol. The van der Waals surface area contributed by atoms with Crippen LogP contribution in [0.2, 0.25) is 0 Å². The largest absolute Gasteiger partial charge is 0.384 e. The second-order valence-corrected chi connectivity index (χ2v) is 3.84. The van der Waals surface area contributed by atoms with Gasteiger partial charge in [-0.1, -0.05) is 6.92 Å². The number of ether oxygens (including phenoxy) is 1. The monoisotopic (exact) mass is 175 g/mol. The molecular formula is C7H13NO2S. The second-order valence-electron chi connectivity index (χ2n) is 2.10. The molecule has 4 heteroatoms. The average Bonchev–Trinajstić information content (AvgIpc) is 2.03. The Bertz CT molecular complexity index is 164. The molecule has 0 rings (SSSR count). The number of methoxy groups -OCH3 is 1. The van der Waals surface area contributed by atoms with Gasteiger partial charge in [0.15, 0.2) is 0 Å². The molecule has 2 atom stereocenters. The number of hydrogen-bond donors (Lipinski definition) is 0. The zero-order chi connectivity index (χ0) is 8.69. The molecule has 0 fully saturated rings. The molecule has 3 nitrogen and oxygen atoms in total. The van der Waals surface area contributed by atoms with Gasteiger partial charge in [0.25, 0.3) is 0 Å². The summed E-state index contributed by atoms with van der Waals surface area (Å²) in [5.41, 5.74) is 0. The summed E-state index contributed by atoms with van der Waals surface area (Å²) in [6.07, 6.45) is 0.646. The summed E-state index contributed by atoms with van der Waals surface area (Å²) in [5.74, 6) is 0.461. The molecule has 0 spiro atoms. The summed E-state index contributed by atoms with van der Waals surface area (Å²) in [6, 6.07) is 2.00. The van der Waals surface area contributed by atoms with E-state index in [2.05, 4.69) is 0 Å². The fraction of sp³-hybridized carbons (Fsp3) is 0.857. The fourth-order valence-corrected chi connectivity index (χ4v) is 1.75. The molecule has 0 radical (unpaired) electrons. The van der Waals surface area contributed by atoms with Crippen LogP contribution in [-0.2, 0) is 15.5 Å². The molecule has 0 aliphatic heterocycles. The van der Waals surface area contributed by atoms with Crippen molar-refractivity contribution in [3.05, 3.63) is 0 Å². The molecule has 0 aromatic rings. The second kappa shape index (κ2) is 6.32. The molecule has 0 N–H and O–H groups in total. The normalized spacial score (nSPS) is 15.4. The molecule has 0 bridgehead atoms. The van der Waals surface area contributed by atoms with Crippen LogP contribution >= 0.6 is 0 Å². The Morgan fingerprint density at radius 1 is 1.73 bits per heavy atom. The molecule has 0 aromatic carbocycles. The van der Waals surface area contributed by atoms with Crippen LogP contribution in [0.3, 0.4) is 0 Å². The van der Waals surface area contributed by atoms with E-state index >= 15 is 0 Å². The van der Waals surface area contributed by atoms with E-state index in [1.165, 1.54) is 0 Å². The molecule has 0 amide bonds. The standard InChI is InChI=1S/C7H13NO2S/c1-3-7(6-8)11(9)5-4-10-2/h7H,3-5H2,1-2H3. The smallest absolute Gasteiger partial charge is 0.121 e. The maximum absolute atomic E-state index is 11.2. The summed E-state index contributed by atoms with van der Waals surface area (Å²) in [7, 11) is 0.516. The predicted octanol–water partition coefficient (Wildman–Crippen LogP) is 0.684. The van der Waals surface area contributed by atoms with Crippen LogP contribution in [-0.4, -0.2) is 28.9 Å². The van der Waals surface area contributed by atoms with E-state index in [1.54, 1.807) is 7.11 Å². The average molecular weight is 175 g/mol. The van der Waals surface area contributed by atoms with E-state index in [9.17, 15) is 4.21 Å². The van der Waals surface area contributed by atoms with Gasteiger partial charge < -0.3 is 4.74 Å². The van der Waals surface area contributed by atoms with Crippen molar-refractivity contribution in [1.82, 2.24) is 0 Å². The minimum absolute atomic E-state index is 0.329. The van der Waals surface area contributed by atoms with E-state index in [0.717, 1.165) is 0 Å². The lowest BCUT2D eigenvalue weighted by molar-refractivity contribution is 0.218. The number of hydrogen-bond acceptors (Lipinski definition) is 3. The van der Waals surface area contributed by atoms with Crippen molar-refractivity contribution in [3.8, 4) is 6.07 Å². The van der Waals surface area contributed by atoms with Crippen molar-refractivity contribution in [2.45, 2.75) is 18.6 Å². The Hall–Kier alpha value is -0.400. The third-order valence-corrected chi connectivity index (χ3v) is 2.96. The van der Waals surface area contributed by atoms with Gasteiger partial charge in [-0.3, -0.25) is 4.21 Å². The lowest BCUT2D eigenvalue weighted by Gasteiger charge is -2.04. The molecule has 0 saturated heterocycles. The lowest BCUT2D eigenvalue weighted by Crippen LogP contribution is -2.17. The highest BCUT2D eigenvalue weighted by Crippen LogP contribution is 2.00. The Balaban J connectivity index is 3.72. The Morgan fingerprint density at radius 2 is 2.36 bits per heavy atom. The maximum atomic E-state index is 11.2. The fourth-order valence-electron chi connectivity index (χ4n) is 0.644. The number of nitrogens with zero attached hydrogens (tertiary/aromatic N) is 1. The first-order chi connectivity index (χ1) is 5.26. The van der Waals surface area contributed by atoms with Crippen molar-refractivity contribution in [2.75, 3.05) is 19.5 Å². The molecule has 0 saturated carbocycles. The minimum Gasteiger partial charge on any atom is -0.384 e. The van der Waals surface area contributed by atoms with Gasteiger partial charge in [0.1, 0.15) is 5.25 Å². The van der Waals surface area contributed by atoms with Gasteiger partial charge >= 0.3 is 0 Å². The molecule has 64 valence electrons. The predicted molar refractivity (Wildman–Crippen MR) is 44.6 cm³/mol.